The van der Waals surface area contributed by atoms with Crippen LogP contribution >= 0.6 is 0 Å². The number of imidazole rings is 1. The Kier molecular flexibility index (Phi) is 11.9. The van der Waals surface area contributed by atoms with Crippen LogP contribution in [-0.2, 0) is 16.6 Å². The van der Waals surface area contributed by atoms with Gasteiger partial charge in [0.2, 0.25) is 16.0 Å². The Morgan fingerprint density at radius 1 is 0.860 bits per heavy atom. The van der Waals surface area contributed by atoms with Crippen LogP contribution in [-0.4, -0.2) is 73.1 Å². The molecule has 4 aromatic rings. The molecule has 1 aliphatic carbocycles. The first-order valence-corrected chi connectivity index (χ1v) is 17.5. The first-order chi connectivity index (χ1) is 23.7. The molecule has 11 nitrogen and oxygen atoms in total. The van der Waals surface area contributed by atoms with Crippen LogP contribution < -0.4 is 24.8 Å². The molecule has 2 heterocycles. The lowest BCUT2D eigenvalue weighted by Crippen LogP contribution is -2.33. The van der Waals surface area contributed by atoms with Gasteiger partial charge in [-0.2, -0.15) is 31.3 Å². The number of para-hydroxylation sites is 1. The third-order valence-electron chi connectivity index (χ3n) is 8.12. The van der Waals surface area contributed by atoms with Gasteiger partial charge in [0.15, 0.2) is 13.2 Å². The fraction of sp³-hybridized carbons (Fsp3) is 0.469. The van der Waals surface area contributed by atoms with Crippen molar-refractivity contribution in [1.29, 1.82) is 0 Å². The zero-order chi connectivity index (χ0) is 35.8. The number of aromatic nitrogens is 4. The maximum Gasteiger partial charge on any atom is 0.422 e. The number of sulfonamides is 1. The Balaban J connectivity index is 1.14. The highest BCUT2D eigenvalue weighted by molar-refractivity contribution is 7.89. The van der Waals surface area contributed by atoms with Crippen LogP contribution in [0.5, 0.6) is 11.5 Å². The van der Waals surface area contributed by atoms with Gasteiger partial charge in [-0.05, 0) is 68.2 Å². The average molecular weight is 730 g/mol. The van der Waals surface area contributed by atoms with E-state index in [9.17, 15) is 34.8 Å². The molecule has 1 fully saturated rings. The second kappa shape index (κ2) is 16.1. The van der Waals surface area contributed by atoms with E-state index in [-0.39, 0.29) is 18.4 Å². The van der Waals surface area contributed by atoms with E-state index in [2.05, 4.69) is 34.8 Å². The molecule has 0 radical (unpaired) electrons. The second-order valence-electron chi connectivity index (χ2n) is 12.0. The summed E-state index contributed by atoms with van der Waals surface area (Å²) in [6.07, 6.45) is -0.305. The van der Waals surface area contributed by atoms with Gasteiger partial charge < -0.3 is 24.7 Å². The maximum absolute atomic E-state index is 13.2. The monoisotopic (exact) mass is 729 g/mol. The summed E-state index contributed by atoms with van der Waals surface area (Å²) in [7, 11) is -4.48. The van der Waals surface area contributed by atoms with Crippen molar-refractivity contribution < 1.29 is 44.2 Å². The molecule has 0 saturated heterocycles. The molecular weight excluding hydrogens is 692 g/mol. The number of anilines is 2. The zero-order valence-electron chi connectivity index (χ0n) is 26.8. The van der Waals surface area contributed by atoms with Crippen LogP contribution in [0.4, 0.5) is 38.1 Å². The van der Waals surface area contributed by atoms with Crippen LogP contribution in [0.15, 0.2) is 66.1 Å². The first kappa shape index (κ1) is 36.9. The number of hydrogen-bond donors (Lipinski definition) is 3. The Morgan fingerprint density at radius 2 is 1.56 bits per heavy atom. The SMILES string of the molecule is O=S(=O)(NC[C@H]1CC[C@H](CNc2nc(NCCCn3ccnc3)c3ccccc3n2)CC1)c1cc(OCC(F)(F)F)ccc1OCC(F)(F)F. The number of fused-ring (bicyclic) bond motifs is 1. The predicted octanol–water partition coefficient (Wildman–Crippen LogP) is 6.41. The molecular formula is C32H37F6N7O4S. The van der Waals surface area contributed by atoms with Gasteiger partial charge in [0.1, 0.15) is 22.2 Å². The maximum atomic E-state index is 13.2. The van der Waals surface area contributed by atoms with Gasteiger partial charge in [0, 0.05) is 50.0 Å². The Labute approximate surface area is 284 Å². The van der Waals surface area contributed by atoms with Crippen molar-refractivity contribution in [1.82, 2.24) is 24.2 Å². The fourth-order valence-electron chi connectivity index (χ4n) is 5.59. The number of nitrogens with zero attached hydrogens (tertiary/aromatic N) is 4. The number of hydrogen-bond acceptors (Lipinski definition) is 9. The molecule has 1 aliphatic rings. The summed E-state index contributed by atoms with van der Waals surface area (Å²) in [4.78, 5) is 12.7. The molecule has 5 rings (SSSR count). The molecule has 18 heteroatoms. The molecule has 1 saturated carbocycles. The highest BCUT2D eigenvalue weighted by atomic mass is 32.2. The number of aryl methyl sites for hydroxylation is 1. The highest BCUT2D eigenvalue weighted by Crippen LogP contribution is 2.33. The minimum absolute atomic E-state index is 0.0154. The van der Waals surface area contributed by atoms with Crippen LogP contribution in [0.3, 0.4) is 0 Å². The predicted molar refractivity (Wildman–Crippen MR) is 174 cm³/mol. The topological polar surface area (TPSA) is 132 Å². The van der Waals surface area contributed by atoms with Crippen molar-refractivity contribution in [2.75, 3.05) is 43.5 Å². The van der Waals surface area contributed by atoms with Gasteiger partial charge in [-0.25, -0.2) is 23.1 Å². The van der Waals surface area contributed by atoms with Crippen molar-refractivity contribution in [3.8, 4) is 11.5 Å². The van der Waals surface area contributed by atoms with Gasteiger partial charge in [-0.3, -0.25) is 0 Å². The van der Waals surface area contributed by atoms with Gasteiger partial charge in [0.05, 0.1) is 11.8 Å². The summed E-state index contributed by atoms with van der Waals surface area (Å²) in [5, 5.41) is 7.66. The van der Waals surface area contributed by atoms with Gasteiger partial charge in [-0.15, -0.1) is 0 Å². The summed E-state index contributed by atoms with van der Waals surface area (Å²) in [6.45, 7) is -1.40. The lowest BCUT2D eigenvalue weighted by atomic mass is 9.82. The summed E-state index contributed by atoms with van der Waals surface area (Å²) < 4.78 is 116. The third kappa shape index (κ3) is 11.1. The molecule has 2 aromatic carbocycles. The number of alkyl halides is 6. The molecule has 272 valence electrons. The van der Waals surface area contributed by atoms with Gasteiger partial charge in [-0.1, -0.05) is 12.1 Å². The van der Waals surface area contributed by atoms with Crippen molar-refractivity contribution in [2.45, 2.75) is 55.9 Å². The first-order valence-electron chi connectivity index (χ1n) is 16.0. The molecule has 0 unspecified atom stereocenters. The van der Waals surface area contributed by atoms with E-state index in [1.54, 1.807) is 12.5 Å². The van der Waals surface area contributed by atoms with E-state index in [1.807, 2.05) is 35.0 Å². The van der Waals surface area contributed by atoms with Crippen molar-refractivity contribution in [2.24, 2.45) is 11.8 Å². The number of halogens is 6. The number of ether oxygens (including phenoxy) is 2. The van der Waals surface area contributed by atoms with E-state index < -0.39 is 52.0 Å². The minimum Gasteiger partial charge on any atom is -0.484 e. The smallest absolute Gasteiger partial charge is 0.422 e. The largest absolute Gasteiger partial charge is 0.484 e. The van der Waals surface area contributed by atoms with Crippen molar-refractivity contribution >= 4 is 32.7 Å². The van der Waals surface area contributed by atoms with Crippen LogP contribution in [0.1, 0.15) is 32.1 Å². The Hall–Kier alpha value is -4.32. The number of benzene rings is 2. The third-order valence-corrected chi connectivity index (χ3v) is 9.57. The molecule has 0 amide bonds. The van der Waals surface area contributed by atoms with Crippen molar-refractivity contribution in [3.63, 3.8) is 0 Å². The highest BCUT2D eigenvalue weighted by Gasteiger charge is 2.32. The van der Waals surface area contributed by atoms with Crippen LogP contribution in [0, 0.1) is 11.8 Å². The molecule has 0 spiro atoms. The molecule has 3 N–H and O–H groups in total. The minimum atomic E-state index is -4.77. The number of nitrogens with one attached hydrogen (secondary N) is 3. The lowest BCUT2D eigenvalue weighted by molar-refractivity contribution is -0.154. The van der Waals surface area contributed by atoms with Crippen LogP contribution in [0.2, 0.25) is 0 Å². The summed E-state index contributed by atoms with van der Waals surface area (Å²) in [6, 6.07) is 10.2. The molecule has 0 atom stereocenters. The summed E-state index contributed by atoms with van der Waals surface area (Å²) in [5.74, 6) is 0.256. The summed E-state index contributed by atoms with van der Waals surface area (Å²) >= 11 is 0. The Bertz CT molecular complexity index is 1800. The van der Waals surface area contributed by atoms with E-state index in [4.69, 9.17) is 4.98 Å². The van der Waals surface area contributed by atoms with Crippen molar-refractivity contribution in [3.05, 3.63) is 61.2 Å². The van der Waals surface area contributed by atoms with E-state index in [0.717, 1.165) is 60.7 Å². The molecule has 0 bridgehead atoms. The van der Waals surface area contributed by atoms with E-state index in [1.165, 1.54) is 0 Å². The fourth-order valence-corrected chi connectivity index (χ4v) is 6.86. The second-order valence-corrected chi connectivity index (χ2v) is 13.8. The molecule has 2 aromatic heterocycles. The normalized spacial score (nSPS) is 17.1. The zero-order valence-corrected chi connectivity index (χ0v) is 27.6. The van der Waals surface area contributed by atoms with E-state index >= 15 is 0 Å². The standard InChI is InChI=1S/C32H37F6N7O4S/c33-31(34,35)19-48-24-10-11-27(49-20-32(36,37)38)28(16-24)50(46,47)42-18-23-8-6-22(7-9-23)17-41-30-43-26-5-2-1-4-25(26)29(44-30)40-12-3-14-45-15-13-39-21-45/h1-2,4-5,10-11,13,15-16,21-23,42H,3,6-9,12,14,17-20H2,(H2,40,41,43,44)/t22-,23-. The van der Waals surface area contributed by atoms with Crippen LogP contribution in [0.25, 0.3) is 10.9 Å². The lowest BCUT2D eigenvalue weighted by Gasteiger charge is -2.29. The average Bonchev–Trinajstić information content (AvgIpc) is 3.60. The van der Waals surface area contributed by atoms with E-state index in [0.29, 0.717) is 31.9 Å². The molecule has 50 heavy (non-hydrogen) atoms. The van der Waals surface area contributed by atoms with Gasteiger partial charge in [0.25, 0.3) is 0 Å². The Morgan fingerprint density at radius 3 is 2.26 bits per heavy atom. The quantitative estimate of drug-likeness (QED) is 0.0885. The van der Waals surface area contributed by atoms with Gasteiger partial charge >= 0.3 is 12.4 Å². The molecule has 0 aliphatic heterocycles. The summed E-state index contributed by atoms with van der Waals surface area (Å²) in [5.41, 5.74) is 0.794. The number of rotatable bonds is 16.